The Bertz CT molecular complexity index is 714. The third kappa shape index (κ3) is 3.32. The number of hydrogen-bond donors (Lipinski definition) is 0. The van der Waals surface area contributed by atoms with E-state index >= 15 is 0 Å². The number of esters is 1. The minimum Gasteiger partial charge on any atom is -0.445 e. The number of carbonyl (C=O) groups excluding carboxylic acids is 2. The SMILES string of the molecule is CC(=O)OC(C1CCC(=O)C1)S(=O)(=O)c1ccc(F)c(F)c1. The van der Waals surface area contributed by atoms with Crippen molar-refractivity contribution >= 4 is 21.6 Å². The molecule has 0 radical (unpaired) electrons. The summed E-state index contributed by atoms with van der Waals surface area (Å²) < 4.78 is 56.2. The highest BCUT2D eigenvalue weighted by molar-refractivity contribution is 7.92. The fourth-order valence-electron chi connectivity index (χ4n) is 2.44. The predicted molar refractivity (Wildman–Crippen MR) is 71.4 cm³/mol. The van der Waals surface area contributed by atoms with E-state index in [2.05, 4.69) is 0 Å². The van der Waals surface area contributed by atoms with Crippen LogP contribution in [0.3, 0.4) is 0 Å². The third-order valence-electron chi connectivity index (χ3n) is 3.48. The Morgan fingerprint density at radius 1 is 1.32 bits per heavy atom. The Balaban J connectivity index is 2.41. The van der Waals surface area contributed by atoms with Gasteiger partial charge in [0.1, 0.15) is 5.78 Å². The lowest BCUT2D eigenvalue weighted by Gasteiger charge is -2.22. The van der Waals surface area contributed by atoms with Crippen LogP contribution >= 0.6 is 0 Å². The average Bonchev–Trinajstić information content (AvgIpc) is 2.85. The number of Topliss-reactive ketones (excluding diaryl/α,β-unsaturated/α-hetero) is 1. The molecule has 0 saturated heterocycles. The smallest absolute Gasteiger partial charge is 0.303 e. The van der Waals surface area contributed by atoms with E-state index in [0.29, 0.717) is 12.1 Å². The quantitative estimate of drug-likeness (QED) is 0.622. The highest BCUT2D eigenvalue weighted by Gasteiger charge is 2.41. The summed E-state index contributed by atoms with van der Waals surface area (Å²) >= 11 is 0. The molecule has 1 saturated carbocycles. The van der Waals surface area contributed by atoms with E-state index in [1.165, 1.54) is 0 Å². The fraction of sp³-hybridized carbons (Fsp3) is 0.429. The number of sulfone groups is 1. The molecule has 2 rings (SSSR count). The molecule has 0 amide bonds. The maximum Gasteiger partial charge on any atom is 0.303 e. The Labute approximate surface area is 126 Å². The number of benzene rings is 1. The molecule has 2 unspecified atom stereocenters. The fourth-order valence-corrected chi connectivity index (χ4v) is 4.23. The Kier molecular flexibility index (Phi) is 4.60. The number of ketones is 1. The van der Waals surface area contributed by atoms with Gasteiger partial charge in [0, 0.05) is 25.7 Å². The van der Waals surface area contributed by atoms with Gasteiger partial charge >= 0.3 is 5.97 Å². The number of rotatable bonds is 4. The van der Waals surface area contributed by atoms with Crippen molar-refractivity contribution in [1.82, 2.24) is 0 Å². The van der Waals surface area contributed by atoms with Gasteiger partial charge in [0.15, 0.2) is 11.6 Å². The molecule has 0 aromatic heterocycles. The van der Waals surface area contributed by atoms with Gasteiger partial charge in [-0.3, -0.25) is 9.59 Å². The number of carbonyl (C=O) groups is 2. The van der Waals surface area contributed by atoms with Crippen molar-refractivity contribution in [1.29, 1.82) is 0 Å². The van der Waals surface area contributed by atoms with Crippen molar-refractivity contribution in [3.63, 3.8) is 0 Å². The summed E-state index contributed by atoms with van der Waals surface area (Å²) in [6.45, 7) is 1.05. The van der Waals surface area contributed by atoms with Gasteiger partial charge in [-0.2, -0.15) is 0 Å². The minimum atomic E-state index is -4.24. The van der Waals surface area contributed by atoms with Gasteiger partial charge in [-0.1, -0.05) is 0 Å². The van der Waals surface area contributed by atoms with Crippen LogP contribution in [0.15, 0.2) is 23.1 Å². The summed E-state index contributed by atoms with van der Waals surface area (Å²) in [5.74, 6) is -4.13. The first-order valence-electron chi connectivity index (χ1n) is 6.59. The average molecular weight is 332 g/mol. The topological polar surface area (TPSA) is 77.5 Å². The lowest BCUT2D eigenvalue weighted by Crippen LogP contribution is -2.33. The molecular formula is C14H14F2O5S. The lowest BCUT2D eigenvalue weighted by molar-refractivity contribution is -0.144. The Morgan fingerprint density at radius 3 is 2.50 bits per heavy atom. The zero-order valence-corrected chi connectivity index (χ0v) is 12.5. The van der Waals surface area contributed by atoms with E-state index in [9.17, 15) is 26.8 Å². The normalized spacial score (nSPS) is 20.0. The number of ether oxygens (including phenoxy) is 1. The van der Waals surface area contributed by atoms with E-state index in [1.807, 2.05) is 0 Å². The molecule has 2 atom stereocenters. The summed E-state index contributed by atoms with van der Waals surface area (Å²) in [5, 5.41) is 0. The van der Waals surface area contributed by atoms with Gasteiger partial charge < -0.3 is 4.74 Å². The van der Waals surface area contributed by atoms with Crippen molar-refractivity contribution in [3.8, 4) is 0 Å². The second-order valence-corrected chi connectivity index (χ2v) is 7.17. The molecule has 0 spiro atoms. The van der Waals surface area contributed by atoms with E-state index in [0.717, 1.165) is 13.0 Å². The molecule has 0 heterocycles. The molecular weight excluding hydrogens is 318 g/mol. The molecule has 22 heavy (non-hydrogen) atoms. The maximum absolute atomic E-state index is 13.3. The van der Waals surface area contributed by atoms with Crippen LogP contribution < -0.4 is 0 Å². The molecule has 0 aliphatic heterocycles. The summed E-state index contributed by atoms with van der Waals surface area (Å²) in [6.07, 6.45) is 0.441. The van der Waals surface area contributed by atoms with Crippen LogP contribution in [0.25, 0.3) is 0 Å². The van der Waals surface area contributed by atoms with E-state index < -0.39 is 43.7 Å². The summed E-state index contributed by atoms with van der Waals surface area (Å²) in [6, 6.07) is 2.13. The minimum absolute atomic E-state index is 0.0269. The van der Waals surface area contributed by atoms with Crippen LogP contribution in [0.2, 0.25) is 0 Å². The standard InChI is InChI=1S/C14H14F2O5S/c1-8(17)21-14(9-2-3-10(18)6-9)22(19,20)11-4-5-12(15)13(16)7-11/h4-5,7,9,14H,2-3,6H2,1H3. The van der Waals surface area contributed by atoms with Crippen molar-refractivity contribution in [2.24, 2.45) is 5.92 Å². The highest BCUT2D eigenvalue weighted by atomic mass is 32.2. The van der Waals surface area contributed by atoms with Crippen molar-refractivity contribution < 1.29 is 31.5 Å². The van der Waals surface area contributed by atoms with Gasteiger partial charge in [0.25, 0.3) is 0 Å². The summed E-state index contributed by atoms with van der Waals surface area (Å²) in [4.78, 5) is 22.1. The van der Waals surface area contributed by atoms with Crippen LogP contribution in [-0.4, -0.2) is 25.6 Å². The van der Waals surface area contributed by atoms with Crippen LogP contribution in [0.5, 0.6) is 0 Å². The first-order chi connectivity index (χ1) is 10.2. The van der Waals surface area contributed by atoms with Gasteiger partial charge in [0.05, 0.1) is 4.90 Å². The van der Waals surface area contributed by atoms with Crippen LogP contribution in [-0.2, 0) is 24.2 Å². The molecule has 1 aliphatic carbocycles. The molecule has 1 aromatic rings. The molecule has 120 valence electrons. The molecule has 1 fully saturated rings. The van der Waals surface area contributed by atoms with Crippen molar-refractivity contribution in [2.75, 3.05) is 0 Å². The summed E-state index contributed by atoms with van der Waals surface area (Å²) in [7, 11) is -4.24. The summed E-state index contributed by atoms with van der Waals surface area (Å²) in [5.41, 5.74) is -1.58. The Hall–Kier alpha value is -1.83. The van der Waals surface area contributed by atoms with Gasteiger partial charge in [-0.15, -0.1) is 0 Å². The van der Waals surface area contributed by atoms with Gasteiger partial charge in [-0.25, -0.2) is 17.2 Å². The van der Waals surface area contributed by atoms with Crippen LogP contribution in [0.4, 0.5) is 8.78 Å². The lowest BCUT2D eigenvalue weighted by atomic mass is 10.1. The first kappa shape index (κ1) is 16.5. The number of hydrogen-bond acceptors (Lipinski definition) is 5. The zero-order valence-electron chi connectivity index (χ0n) is 11.7. The molecule has 1 aromatic carbocycles. The molecule has 0 bridgehead atoms. The second kappa shape index (κ2) is 6.12. The largest absolute Gasteiger partial charge is 0.445 e. The van der Waals surface area contributed by atoms with Crippen LogP contribution in [0, 0.1) is 17.6 Å². The van der Waals surface area contributed by atoms with Gasteiger partial charge in [-0.05, 0) is 24.6 Å². The molecule has 0 N–H and O–H groups in total. The molecule has 8 heteroatoms. The van der Waals surface area contributed by atoms with E-state index in [1.54, 1.807) is 0 Å². The van der Waals surface area contributed by atoms with E-state index in [4.69, 9.17) is 4.74 Å². The number of halogens is 2. The van der Waals surface area contributed by atoms with Crippen molar-refractivity contribution in [2.45, 2.75) is 36.5 Å². The maximum atomic E-state index is 13.3. The molecule has 5 nitrogen and oxygen atoms in total. The first-order valence-corrected chi connectivity index (χ1v) is 8.14. The van der Waals surface area contributed by atoms with Crippen LogP contribution in [0.1, 0.15) is 26.2 Å². The monoisotopic (exact) mass is 332 g/mol. The third-order valence-corrected chi connectivity index (χ3v) is 5.48. The van der Waals surface area contributed by atoms with E-state index in [-0.39, 0.29) is 25.0 Å². The zero-order chi connectivity index (χ0) is 16.5. The second-order valence-electron chi connectivity index (χ2n) is 5.14. The van der Waals surface area contributed by atoms with Gasteiger partial charge in [0.2, 0.25) is 15.3 Å². The molecule has 1 aliphatic rings. The predicted octanol–water partition coefficient (Wildman–Crippen LogP) is 2.00. The highest BCUT2D eigenvalue weighted by Crippen LogP contribution is 2.33. The Morgan fingerprint density at radius 2 is 2.00 bits per heavy atom. The van der Waals surface area contributed by atoms with Crippen molar-refractivity contribution in [3.05, 3.63) is 29.8 Å².